The number of rotatable bonds is 7. The van der Waals surface area contributed by atoms with Gasteiger partial charge >= 0.3 is 0 Å². The number of hydrogen-bond donors (Lipinski definition) is 0. The maximum absolute atomic E-state index is 12.7. The molecule has 1 saturated heterocycles. The minimum absolute atomic E-state index is 0.0426. The molecule has 1 heterocycles. The van der Waals surface area contributed by atoms with Crippen molar-refractivity contribution < 1.29 is 19.2 Å². The fourth-order valence-corrected chi connectivity index (χ4v) is 3.93. The van der Waals surface area contributed by atoms with Gasteiger partial charge in [0.25, 0.3) is 16.8 Å². The summed E-state index contributed by atoms with van der Waals surface area (Å²) >= 11 is 0.875. The molecule has 32 heavy (non-hydrogen) atoms. The second kappa shape index (κ2) is 9.49. The molecule has 1 fully saturated rings. The molecule has 0 unspecified atom stereocenters. The van der Waals surface area contributed by atoms with Crippen LogP contribution in [0.3, 0.4) is 0 Å². The van der Waals surface area contributed by atoms with Crippen LogP contribution in [0.4, 0.5) is 10.5 Å². The normalized spacial score (nSPS) is 14.8. The lowest BCUT2D eigenvalue weighted by molar-refractivity contribution is -0.384. The second-order valence-electron chi connectivity index (χ2n) is 7.03. The number of benzene rings is 3. The number of non-ortho nitro benzene ring substituents is 1. The first-order valence-electron chi connectivity index (χ1n) is 9.75. The Kier molecular flexibility index (Phi) is 6.32. The number of hydrogen-bond acceptors (Lipinski definition) is 6. The predicted molar refractivity (Wildman–Crippen MR) is 122 cm³/mol. The molecule has 0 spiro atoms. The molecule has 4 rings (SSSR count). The minimum atomic E-state index is -0.495. The Morgan fingerprint density at radius 2 is 1.59 bits per heavy atom. The number of amides is 2. The molecule has 0 N–H and O–H groups in total. The highest BCUT2D eigenvalue weighted by Gasteiger charge is 2.35. The molecule has 0 aliphatic carbocycles. The van der Waals surface area contributed by atoms with Gasteiger partial charge in [0, 0.05) is 12.1 Å². The van der Waals surface area contributed by atoms with Crippen molar-refractivity contribution in [3.05, 3.63) is 111 Å². The SMILES string of the molecule is O=C1S/C(=C/c2ccc(OCc3ccccc3)cc2)C(=O)N1Cc1ccc([N+](=O)[O-])cc1. The third kappa shape index (κ3) is 5.04. The first-order valence-corrected chi connectivity index (χ1v) is 10.6. The topological polar surface area (TPSA) is 89.8 Å². The maximum Gasteiger partial charge on any atom is 0.293 e. The molecular formula is C24H18N2O5S. The zero-order chi connectivity index (χ0) is 22.5. The Morgan fingerprint density at radius 1 is 0.906 bits per heavy atom. The van der Waals surface area contributed by atoms with Gasteiger partial charge in [0.2, 0.25) is 0 Å². The molecule has 1 aliphatic heterocycles. The monoisotopic (exact) mass is 446 g/mol. The van der Waals surface area contributed by atoms with Crippen molar-refractivity contribution in [2.45, 2.75) is 13.2 Å². The molecule has 0 atom stereocenters. The van der Waals surface area contributed by atoms with Crippen molar-refractivity contribution in [2.75, 3.05) is 0 Å². The molecule has 160 valence electrons. The summed E-state index contributed by atoms with van der Waals surface area (Å²) in [5.41, 5.74) is 2.44. The van der Waals surface area contributed by atoms with Crippen molar-refractivity contribution >= 4 is 34.7 Å². The van der Waals surface area contributed by atoms with Gasteiger partial charge in [-0.05, 0) is 46.7 Å². The van der Waals surface area contributed by atoms with E-state index in [1.54, 1.807) is 18.2 Å². The van der Waals surface area contributed by atoms with Gasteiger partial charge in [-0.25, -0.2) is 0 Å². The summed E-state index contributed by atoms with van der Waals surface area (Å²) in [6.45, 7) is 0.522. The lowest BCUT2D eigenvalue weighted by atomic mass is 10.2. The average Bonchev–Trinajstić information content (AvgIpc) is 3.07. The Balaban J connectivity index is 1.40. The van der Waals surface area contributed by atoms with E-state index in [4.69, 9.17) is 4.74 Å². The summed E-state index contributed by atoms with van der Waals surface area (Å²) in [5.74, 6) is 0.319. The van der Waals surface area contributed by atoms with E-state index in [1.807, 2.05) is 54.6 Å². The van der Waals surface area contributed by atoms with Crippen molar-refractivity contribution in [2.24, 2.45) is 0 Å². The Labute approximate surface area is 188 Å². The molecule has 3 aromatic rings. The van der Waals surface area contributed by atoms with E-state index >= 15 is 0 Å². The van der Waals surface area contributed by atoms with Crippen LogP contribution in [0.25, 0.3) is 6.08 Å². The highest BCUT2D eigenvalue weighted by atomic mass is 32.2. The molecule has 8 heteroatoms. The average molecular weight is 446 g/mol. The highest BCUT2D eigenvalue weighted by Crippen LogP contribution is 2.33. The maximum atomic E-state index is 12.7. The van der Waals surface area contributed by atoms with Gasteiger partial charge in [-0.3, -0.25) is 24.6 Å². The lowest BCUT2D eigenvalue weighted by Gasteiger charge is -2.12. The fourth-order valence-electron chi connectivity index (χ4n) is 3.09. The summed E-state index contributed by atoms with van der Waals surface area (Å²) in [4.78, 5) is 36.8. The van der Waals surface area contributed by atoms with Crippen LogP contribution in [0.1, 0.15) is 16.7 Å². The molecule has 7 nitrogen and oxygen atoms in total. The number of carbonyl (C=O) groups excluding carboxylic acids is 2. The van der Waals surface area contributed by atoms with Crippen LogP contribution in [0, 0.1) is 10.1 Å². The van der Waals surface area contributed by atoms with Crippen LogP contribution in [-0.2, 0) is 17.9 Å². The molecule has 0 bridgehead atoms. The number of thioether (sulfide) groups is 1. The second-order valence-corrected chi connectivity index (χ2v) is 8.03. The summed E-state index contributed by atoms with van der Waals surface area (Å²) in [7, 11) is 0. The highest BCUT2D eigenvalue weighted by molar-refractivity contribution is 8.18. The lowest BCUT2D eigenvalue weighted by Crippen LogP contribution is -2.27. The first kappa shape index (κ1) is 21.3. The van der Waals surface area contributed by atoms with E-state index < -0.39 is 4.92 Å². The Hall–Kier alpha value is -3.91. The van der Waals surface area contributed by atoms with E-state index in [0.717, 1.165) is 27.8 Å². The molecular weight excluding hydrogens is 428 g/mol. The zero-order valence-corrected chi connectivity index (χ0v) is 17.7. The van der Waals surface area contributed by atoms with Crippen molar-refractivity contribution in [3.8, 4) is 5.75 Å². The van der Waals surface area contributed by atoms with Gasteiger partial charge in [-0.1, -0.05) is 54.6 Å². The fraction of sp³-hybridized carbons (Fsp3) is 0.0833. The van der Waals surface area contributed by atoms with Crippen LogP contribution in [0.15, 0.2) is 83.8 Å². The van der Waals surface area contributed by atoms with Crippen LogP contribution < -0.4 is 4.74 Å². The van der Waals surface area contributed by atoms with Crippen molar-refractivity contribution in [1.29, 1.82) is 0 Å². The summed E-state index contributed by atoms with van der Waals surface area (Å²) < 4.78 is 5.76. The Morgan fingerprint density at radius 3 is 2.25 bits per heavy atom. The zero-order valence-electron chi connectivity index (χ0n) is 16.8. The third-order valence-corrected chi connectivity index (χ3v) is 5.70. The molecule has 0 saturated carbocycles. The summed E-state index contributed by atoms with van der Waals surface area (Å²) in [6.07, 6.45) is 1.67. The van der Waals surface area contributed by atoms with Gasteiger partial charge < -0.3 is 4.74 Å². The minimum Gasteiger partial charge on any atom is -0.489 e. The van der Waals surface area contributed by atoms with Crippen LogP contribution >= 0.6 is 11.8 Å². The smallest absolute Gasteiger partial charge is 0.293 e. The van der Waals surface area contributed by atoms with Gasteiger partial charge in [0.1, 0.15) is 12.4 Å². The molecule has 0 aromatic heterocycles. The number of nitro benzene ring substituents is 1. The van der Waals surface area contributed by atoms with Gasteiger partial charge in [0.15, 0.2) is 0 Å². The molecule has 0 radical (unpaired) electrons. The summed E-state index contributed by atoms with van der Waals surface area (Å²) in [5, 5.41) is 10.4. The number of ether oxygens (including phenoxy) is 1. The third-order valence-electron chi connectivity index (χ3n) is 4.79. The van der Waals surface area contributed by atoms with E-state index in [2.05, 4.69) is 0 Å². The Bertz CT molecular complexity index is 1180. The van der Waals surface area contributed by atoms with E-state index in [9.17, 15) is 19.7 Å². The molecule has 3 aromatic carbocycles. The number of nitro groups is 1. The largest absolute Gasteiger partial charge is 0.489 e. The van der Waals surface area contributed by atoms with Crippen LogP contribution in [0.5, 0.6) is 5.75 Å². The van der Waals surface area contributed by atoms with Crippen molar-refractivity contribution in [1.82, 2.24) is 4.90 Å². The number of nitrogens with zero attached hydrogens (tertiary/aromatic N) is 2. The van der Waals surface area contributed by atoms with Gasteiger partial charge in [-0.2, -0.15) is 0 Å². The van der Waals surface area contributed by atoms with E-state index in [-0.39, 0.29) is 23.4 Å². The number of carbonyl (C=O) groups is 2. The van der Waals surface area contributed by atoms with Gasteiger partial charge in [-0.15, -0.1) is 0 Å². The van der Waals surface area contributed by atoms with Crippen LogP contribution in [-0.4, -0.2) is 21.0 Å². The predicted octanol–water partition coefficient (Wildman–Crippen LogP) is 5.41. The van der Waals surface area contributed by atoms with E-state index in [0.29, 0.717) is 22.8 Å². The molecule has 2 amide bonds. The van der Waals surface area contributed by atoms with Crippen molar-refractivity contribution in [3.63, 3.8) is 0 Å². The van der Waals surface area contributed by atoms with Gasteiger partial charge in [0.05, 0.1) is 16.4 Å². The quantitative estimate of drug-likeness (QED) is 0.274. The first-order chi connectivity index (χ1) is 15.5. The number of imide groups is 1. The van der Waals surface area contributed by atoms with E-state index in [1.165, 1.54) is 12.1 Å². The van der Waals surface area contributed by atoms with Crippen LogP contribution in [0.2, 0.25) is 0 Å². The standard InChI is InChI=1S/C24H18N2O5S/c27-23-22(32-24(28)25(23)15-18-6-10-20(11-7-18)26(29)30)14-17-8-12-21(13-9-17)31-16-19-4-2-1-3-5-19/h1-14H,15-16H2/b22-14+. The summed E-state index contributed by atoms with van der Waals surface area (Å²) in [6, 6.07) is 22.9. The molecule has 1 aliphatic rings.